The molecule has 19 heavy (non-hydrogen) atoms. The van der Waals surface area contributed by atoms with Crippen LogP contribution in [0.2, 0.25) is 0 Å². The third kappa shape index (κ3) is 9.47. The maximum absolute atomic E-state index is 11.8. The summed E-state index contributed by atoms with van der Waals surface area (Å²) >= 11 is 0. The summed E-state index contributed by atoms with van der Waals surface area (Å²) < 4.78 is 5.03. The zero-order valence-corrected chi connectivity index (χ0v) is 12.7. The van der Waals surface area contributed by atoms with Crippen molar-refractivity contribution in [1.82, 2.24) is 5.32 Å². The first-order chi connectivity index (χ1) is 8.58. The molecule has 0 saturated carbocycles. The van der Waals surface area contributed by atoms with E-state index in [4.69, 9.17) is 9.84 Å². The van der Waals surface area contributed by atoms with Crippen molar-refractivity contribution >= 4 is 11.9 Å². The van der Waals surface area contributed by atoms with Gasteiger partial charge in [-0.1, -0.05) is 27.7 Å². The molecule has 0 heterocycles. The first-order valence-electron chi connectivity index (χ1n) is 6.55. The number of carbonyl (C=O) groups excluding carboxylic acids is 1. The molecule has 0 spiro atoms. The SMILES string of the molecule is COCCC(C)(C)CNC(=O)CC(C)(C)CC(=O)O. The fraction of sp³-hybridized carbons (Fsp3) is 0.857. The van der Waals surface area contributed by atoms with Gasteiger partial charge in [0.25, 0.3) is 0 Å². The van der Waals surface area contributed by atoms with Crippen molar-refractivity contribution in [1.29, 1.82) is 0 Å². The number of carbonyl (C=O) groups is 2. The van der Waals surface area contributed by atoms with Crippen LogP contribution >= 0.6 is 0 Å². The van der Waals surface area contributed by atoms with E-state index in [2.05, 4.69) is 19.2 Å². The number of carboxylic acid groups (broad SMARTS) is 1. The number of aliphatic carboxylic acids is 1. The van der Waals surface area contributed by atoms with Crippen molar-refractivity contribution in [2.75, 3.05) is 20.3 Å². The van der Waals surface area contributed by atoms with Crippen molar-refractivity contribution in [2.24, 2.45) is 10.8 Å². The molecular formula is C14H27NO4. The van der Waals surface area contributed by atoms with Crippen LogP contribution in [0.5, 0.6) is 0 Å². The summed E-state index contributed by atoms with van der Waals surface area (Å²) in [5.74, 6) is -0.977. The lowest BCUT2D eigenvalue weighted by atomic mass is 9.85. The molecule has 0 aliphatic carbocycles. The van der Waals surface area contributed by atoms with Crippen molar-refractivity contribution in [3.8, 4) is 0 Å². The van der Waals surface area contributed by atoms with Crippen molar-refractivity contribution < 1.29 is 19.4 Å². The summed E-state index contributed by atoms with van der Waals surface area (Å²) in [6.45, 7) is 8.93. The van der Waals surface area contributed by atoms with E-state index in [0.717, 1.165) is 6.42 Å². The first kappa shape index (κ1) is 17.9. The number of ether oxygens (including phenoxy) is 1. The van der Waals surface area contributed by atoms with Crippen LogP contribution in [-0.2, 0) is 14.3 Å². The van der Waals surface area contributed by atoms with Gasteiger partial charge in [-0.2, -0.15) is 0 Å². The Morgan fingerprint density at radius 2 is 1.68 bits per heavy atom. The molecule has 112 valence electrons. The zero-order valence-electron chi connectivity index (χ0n) is 12.7. The lowest BCUT2D eigenvalue weighted by Gasteiger charge is -2.26. The van der Waals surface area contributed by atoms with Gasteiger partial charge in [0.1, 0.15) is 0 Å². The molecule has 0 aromatic carbocycles. The fourth-order valence-corrected chi connectivity index (χ4v) is 1.77. The Balaban J connectivity index is 4.14. The Labute approximate surface area is 115 Å². The van der Waals surface area contributed by atoms with E-state index in [1.807, 2.05) is 0 Å². The predicted molar refractivity (Wildman–Crippen MR) is 73.9 cm³/mol. The third-order valence-electron chi connectivity index (χ3n) is 3.02. The van der Waals surface area contributed by atoms with E-state index in [1.54, 1.807) is 21.0 Å². The highest BCUT2D eigenvalue weighted by Gasteiger charge is 2.26. The Morgan fingerprint density at radius 3 is 2.16 bits per heavy atom. The Kier molecular flexibility index (Phi) is 7.05. The van der Waals surface area contributed by atoms with Crippen molar-refractivity contribution in [3.63, 3.8) is 0 Å². The number of hydrogen-bond donors (Lipinski definition) is 2. The van der Waals surface area contributed by atoms with Crippen molar-refractivity contribution in [3.05, 3.63) is 0 Å². The second-order valence-corrected chi connectivity index (χ2v) is 6.60. The van der Waals surface area contributed by atoms with Gasteiger partial charge in [-0.15, -0.1) is 0 Å². The molecule has 0 saturated heterocycles. The van der Waals surface area contributed by atoms with E-state index in [0.29, 0.717) is 13.2 Å². The van der Waals surface area contributed by atoms with Crippen LogP contribution in [0.25, 0.3) is 0 Å². The maximum atomic E-state index is 11.8. The summed E-state index contributed by atoms with van der Waals surface area (Å²) in [5, 5.41) is 11.6. The molecule has 1 amide bonds. The molecule has 0 fully saturated rings. The van der Waals surface area contributed by atoms with Crippen LogP contribution in [0.1, 0.15) is 47.0 Å². The normalized spacial score (nSPS) is 12.3. The van der Waals surface area contributed by atoms with Crippen LogP contribution in [-0.4, -0.2) is 37.2 Å². The average molecular weight is 273 g/mol. The third-order valence-corrected chi connectivity index (χ3v) is 3.02. The molecule has 0 aliphatic heterocycles. The molecule has 0 aromatic heterocycles. The quantitative estimate of drug-likeness (QED) is 0.674. The number of nitrogens with one attached hydrogen (secondary N) is 1. The zero-order chi connectivity index (χ0) is 15.1. The van der Waals surface area contributed by atoms with Gasteiger partial charge < -0.3 is 15.2 Å². The van der Waals surface area contributed by atoms with E-state index >= 15 is 0 Å². The van der Waals surface area contributed by atoms with Crippen molar-refractivity contribution in [2.45, 2.75) is 47.0 Å². The van der Waals surface area contributed by atoms with Crippen LogP contribution in [0.15, 0.2) is 0 Å². The van der Waals surface area contributed by atoms with Gasteiger partial charge in [0, 0.05) is 26.7 Å². The van der Waals surface area contributed by atoms with Crippen LogP contribution in [0.3, 0.4) is 0 Å². The first-order valence-corrected chi connectivity index (χ1v) is 6.55. The summed E-state index contributed by atoms with van der Waals surface area (Å²) in [6, 6.07) is 0. The van der Waals surface area contributed by atoms with Gasteiger partial charge in [-0.3, -0.25) is 9.59 Å². The highest BCUT2D eigenvalue weighted by Crippen LogP contribution is 2.25. The lowest BCUT2D eigenvalue weighted by Crippen LogP contribution is -2.37. The van der Waals surface area contributed by atoms with E-state index < -0.39 is 11.4 Å². The number of amides is 1. The maximum Gasteiger partial charge on any atom is 0.303 e. The van der Waals surface area contributed by atoms with E-state index in [1.165, 1.54) is 0 Å². The molecule has 0 rings (SSSR count). The lowest BCUT2D eigenvalue weighted by molar-refractivity contribution is -0.139. The largest absolute Gasteiger partial charge is 0.481 e. The Bertz CT molecular complexity index is 311. The highest BCUT2D eigenvalue weighted by molar-refractivity contribution is 5.77. The fourth-order valence-electron chi connectivity index (χ4n) is 1.77. The number of rotatable bonds is 9. The van der Waals surface area contributed by atoms with E-state index in [-0.39, 0.29) is 24.2 Å². The molecule has 0 radical (unpaired) electrons. The molecule has 0 aliphatic rings. The molecular weight excluding hydrogens is 246 g/mol. The van der Waals surface area contributed by atoms with Crippen LogP contribution in [0.4, 0.5) is 0 Å². The number of methoxy groups -OCH3 is 1. The van der Waals surface area contributed by atoms with Gasteiger partial charge in [0.2, 0.25) is 5.91 Å². The minimum Gasteiger partial charge on any atom is -0.481 e. The van der Waals surface area contributed by atoms with E-state index in [9.17, 15) is 9.59 Å². The van der Waals surface area contributed by atoms with Gasteiger partial charge in [-0.25, -0.2) is 0 Å². The molecule has 0 aromatic rings. The molecule has 0 bridgehead atoms. The molecule has 0 unspecified atom stereocenters. The van der Waals surface area contributed by atoms with Crippen LogP contribution < -0.4 is 5.32 Å². The standard InChI is InChI=1S/C14H27NO4/c1-13(2,6-7-19-5)10-15-11(16)8-14(3,4)9-12(17)18/h6-10H2,1-5H3,(H,15,16)(H,17,18). The average Bonchev–Trinajstić information content (AvgIpc) is 2.21. The topological polar surface area (TPSA) is 75.6 Å². The van der Waals surface area contributed by atoms with Gasteiger partial charge in [-0.05, 0) is 17.3 Å². The molecule has 0 atom stereocenters. The molecule has 5 heteroatoms. The monoisotopic (exact) mass is 273 g/mol. The summed E-state index contributed by atoms with van der Waals surface area (Å²) in [6.07, 6.45) is 1.08. The summed E-state index contributed by atoms with van der Waals surface area (Å²) in [5.41, 5.74) is -0.546. The predicted octanol–water partition coefficient (Wildman–Crippen LogP) is 2.06. The smallest absolute Gasteiger partial charge is 0.303 e. The summed E-state index contributed by atoms with van der Waals surface area (Å²) in [4.78, 5) is 22.5. The minimum absolute atomic E-state index is 0.00646. The second kappa shape index (κ2) is 7.48. The van der Waals surface area contributed by atoms with Gasteiger partial charge in [0.15, 0.2) is 0 Å². The number of carboxylic acids is 1. The molecule has 5 nitrogen and oxygen atoms in total. The van der Waals surface area contributed by atoms with Gasteiger partial charge in [0.05, 0.1) is 6.42 Å². The number of hydrogen-bond acceptors (Lipinski definition) is 3. The minimum atomic E-state index is -0.877. The Hall–Kier alpha value is -1.10. The van der Waals surface area contributed by atoms with Gasteiger partial charge >= 0.3 is 5.97 Å². The summed E-state index contributed by atoms with van der Waals surface area (Å²) in [7, 11) is 1.66. The highest BCUT2D eigenvalue weighted by atomic mass is 16.5. The Morgan fingerprint density at radius 1 is 1.11 bits per heavy atom. The molecule has 2 N–H and O–H groups in total. The second-order valence-electron chi connectivity index (χ2n) is 6.60. The van der Waals surface area contributed by atoms with Crippen LogP contribution in [0, 0.1) is 10.8 Å².